The summed E-state index contributed by atoms with van der Waals surface area (Å²) in [7, 11) is 0. The van der Waals surface area contributed by atoms with Gasteiger partial charge in [-0.3, -0.25) is 4.79 Å². The maximum Gasteiger partial charge on any atom is 0.255 e. The minimum Gasteiger partial charge on any atom is -0.329 e. The van der Waals surface area contributed by atoms with E-state index in [2.05, 4.69) is 4.98 Å². The van der Waals surface area contributed by atoms with Crippen LogP contribution in [-0.2, 0) is 0 Å². The summed E-state index contributed by atoms with van der Waals surface area (Å²) in [5.41, 5.74) is 1.15. The SMILES string of the molecule is C.Cc1ccc2c(=O)[nH]ccc2c1. The van der Waals surface area contributed by atoms with Crippen LogP contribution in [0.25, 0.3) is 10.8 Å². The van der Waals surface area contributed by atoms with E-state index >= 15 is 0 Å². The minimum atomic E-state index is -0.0208. The van der Waals surface area contributed by atoms with Gasteiger partial charge in [-0.15, -0.1) is 0 Å². The van der Waals surface area contributed by atoms with Crippen LogP contribution in [0, 0.1) is 6.92 Å². The van der Waals surface area contributed by atoms with Crippen LogP contribution in [0.15, 0.2) is 35.3 Å². The van der Waals surface area contributed by atoms with Gasteiger partial charge >= 0.3 is 0 Å². The van der Waals surface area contributed by atoms with Crippen molar-refractivity contribution in [2.45, 2.75) is 14.4 Å². The van der Waals surface area contributed by atoms with Crippen LogP contribution < -0.4 is 5.56 Å². The molecule has 0 radical (unpaired) electrons. The van der Waals surface area contributed by atoms with Gasteiger partial charge in [0.15, 0.2) is 0 Å². The zero-order chi connectivity index (χ0) is 8.55. The van der Waals surface area contributed by atoms with Crippen molar-refractivity contribution in [2.75, 3.05) is 0 Å². The molecule has 0 aliphatic carbocycles. The number of aromatic amines is 1. The lowest BCUT2D eigenvalue weighted by Gasteiger charge is -1.96. The molecular weight excluding hydrogens is 162 g/mol. The number of aromatic nitrogens is 1. The Balaban J connectivity index is 0.000000845. The van der Waals surface area contributed by atoms with E-state index in [1.165, 1.54) is 5.56 Å². The highest BCUT2D eigenvalue weighted by Crippen LogP contribution is 2.10. The average Bonchev–Trinajstić information content (AvgIpc) is 2.04. The Bertz CT molecular complexity index is 471. The molecule has 1 aromatic carbocycles. The smallest absolute Gasteiger partial charge is 0.255 e. The lowest BCUT2D eigenvalue weighted by Crippen LogP contribution is -2.03. The van der Waals surface area contributed by atoms with E-state index in [1.807, 2.05) is 31.2 Å². The molecular formula is C11H13NO. The number of hydrogen-bond acceptors (Lipinski definition) is 1. The molecule has 2 aromatic rings. The Hall–Kier alpha value is -1.57. The second-order valence-electron chi connectivity index (χ2n) is 2.90. The maximum absolute atomic E-state index is 11.2. The molecule has 2 heteroatoms. The standard InChI is InChI=1S/C10H9NO.CH4/c1-7-2-3-9-8(6-7)4-5-11-10(9)12;/h2-6H,1H3,(H,11,12);1H4. The summed E-state index contributed by atoms with van der Waals surface area (Å²) < 4.78 is 0. The van der Waals surface area contributed by atoms with E-state index in [-0.39, 0.29) is 13.0 Å². The maximum atomic E-state index is 11.2. The molecule has 0 saturated carbocycles. The Labute approximate surface area is 77.2 Å². The van der Waals surface area contributed by atoms with Crippen molar-refractivity contribution in [2.24, 2.45) is 0 Å². The lowest BCUT2D eigenvalue weighted by molar-refractivity contribution is 1.27. The van der Waals surface area contributed by atoms with Gasteiger partial charge in [0.05, 0.1) is 0 Å². The van der Waals surface area contributed by atoms with Gasteiger partial charge in [-0.2, -0.15) is 0 Å². The third-order valence-electron chi connectivity index (χ3n) is 1.93. The van der Waals surface area contributed by atoms with E-state index in [1.54, 1.807) is 6.20 Å². The predicted molar refractivity (Wildman–Crippen MR) is 56.0 cm³/mol. The molecule has 0 bridgehead atoms. The molecule has 0 amide bonds. The van der Waals surface area contributed by atoms with Gasteiger partial charge in [-0.1, -0.05) is 25.1 Å². The Morgan fingerprint density at radius 3 is 2.77 bits per heavy atom. The van der Waals surface area contributed by atoms with E-state index in [4.69, 9.17) is 0 Å². The van der Waals surface area contributed by atoms with Crippen LogP contribution in [-0.4, -0.2) is 4.98 Å². The number of pyridine rings is 1. The third kappa shape index (κ3) is 1.61. The number of benzene rings is 1. The van der Waals surface area contributed by atoms with Crippen molar-refractivity contribution >= 4 is 10.8 Å². The highest BCUT2D eigenvalue weighted by molar-refractivity contribution is 5.81. The van der Waals surface area contributed by atoms with Crippen LogP contribution in [0.5, 0.6) is 0 Å². The van der Waals surface area contributed by atoms with Gasteiger partial charge in [0.25, 0.3) is 5.56 Å². The zero-order valence-corrected chi connectivity index (χ0v) is 6.79. The second kappa shape index (κ2) is 3.44. The predicted octanol–water partition coefficient (Wildman–Crippen LogP) is 2.47. The van der Waals surface area contributed by atoms with Crippen molar-refractivity contribution in [1.29, 1.82) is 0 Å². The van der Waals surface area contributed by atoms with Gasteiger partial charge in [0.2, 0.25) is 0 Å². The summed E-state index contributed by atoms with van der Waals surface area (Å²) in [6, 6.07) is 7.70. The third-order valence-corrected chi connectivity index (χ3v) is 1.93. The van der Waals surface area contributed by atoms with Crippen LogP contribution in [0.3, 0.4) is 0 Å². The summed E-state index contributed by atoms with van der Waals surface area (Å²) >= 11 is 0. The van der Waals surface area contributed by atoms with Gasteiger partial charge in [-0.25, -0.2) is 0 Å². The van der Waals surface area contributed by atoms with Crippen LogP contribution in [0.2, 0.25) is 0 Å². The summed E-state index contributed by atoms with van der Waals surface area (Å²) in [6.07, 6.45) is 1.67. The number of hydrogen-bond donors (Lipinski definition) is 1. The molecule has 1 aromatic heterocycles. The van der Waals surface area contributed by atoms with Gasteiger partial charge < -0.3 is 4.98 Å². The van der Waals surface area contributed by atoms with Crippen molar-refractivity contribution in [3.8, 4) is 0 Å². The highest BCUT2D eigenvalue weighted by atomic mass is 16.1. The molecule has 2 rings (SSSR count). The molecule has 0 atom stereocenters. The first-order chi connectivity index (χ1) is 5.77. The molecule has 1 N–H and O–H groups in total. The normalized spacial score (nSPS) is 9.62. The molecule has 0 unspecified atom stereocenters. The summed E-state index contributed by atoms with van der Waals surface area (Å²) in [6.45, 7) is 2.01. The first-order valence-electron chi connectivity index (χ1n) is 3.85. The summed E-state index contributed by atoms with van der Waals surface area (Å²) in [5.74, 6) is 0. The van der Waals surface area contributed by atoms with E-state index in [0.717, 1.165) is 10.8 Å². The van der Waals surface area contributed by atoms with Crippen LogP contribution in [0.1, 0.15) is 13.0 Å². The quantitative estimate of drug-likeness (QED) is 0.655. The lowest BCUT2D eigenvalue weighted by atomic mass is 10.1. The largest absolute Gasteiger partial charge is 0.329 e. The number of nitrogens with one attached hydrogen (secondary N) is 1. The number of fused-ring (bicyclic) bond motifs is 1. The average molecular weight is 175 g/mol. The molecule has 13 heavy (non-hydrogen) atoms. The first-order valence-corrected chi connectivity index (χ1v) is 3.85. The fourth-order valence-electron chi connectivity index (χ4n) is 1.31. The molecule has 0 aliphatic rings. The molecule has 0 saturated heterocycles. The highest BCUT2D eigenvalue weighted by Gasteiger charge is 1.95. The monoisotopic (exact) mass is 175 g/mol. The molecule has 1 heterocycles. The van der Waals surface area contributed by atoms with Gasteiger partial charge in [0.1, 0.15) is 0 Å². The Morgan fingerprint density at radius 2 is 2.00 bits per heavy atom. The minimum absolute atomic E-state index is 0. The van der Waals surface area contributed by atoms with Crippen molar-refractivity contribution in [3.63, 3.8) is 0 Å². The number of H-pyrrole nitrogens is 1. The van der Waals surface area contributed by atoms with Crippen molar-refractivity contribution in [3.05, 3.63) is 46.4 Å². The molecule has 0 spiro atoms. The Morgan fingerprint density at radius 1 is 1.23 bits per heavy atom. The molecule has 0 fully saturated rings. The number of aryl methyl sites for hydroxylation is 1. The first kappa shape index (κ1) is 9.52. The van der Waals surface area contributed by atoms with E-state index in [9.17, 15) is 4.79 Å². The number of rotatable bonds is 0. The summed E-state index contributed by atoms with van der Waals surface area (Å²) in [4.78, 5) is 13.9. The molecule has 2 nitrogen and oxygen atoms in total. The zero-order valence-electron chi connectivity index (χ0n) is 6.79. The topological polar surface area (TPSA) is 32.9 Å². The molecule has 68 valence electrons. The fourth-order valence-corrected chi connectivity index (χ4v) is 1.31. The van der Waals surface area contributed by atoms with Crippen molar-refractivity contribution < 1.29 is 0 Å². The second-order valence-corrected chi connectivity index (χ2v) is 2.90. The summed E-state index contributed by atoms with van der Waals surface area (Å²) in [5, 5.41) is 1.75. The molecule has 0 aliphatic heterocycles. The van der Waals surface area contributed by atoms with Gasteiger partial charge in [-0.05, 0) is 24.4 Å². The van der Waals surface area contributed by atoms with E-state index in [0.29, 0.717) is 0 Å². The van der Waals surface area contributed by atoms with Crippen molar-refractivity contribution in [1.82, 2.24) is 4.98 Å². The van der Waals surface area contributed by atoms with Crippen LogP contribution in [0.4, 0.5) is 0 Å². The fraction of sp³-hybridized carbons (Fsp3) is 0.182. The van der Waals surface area contributed by atoms with Gasteiger partial charge in [0, 0.05) is 11.6 Å². The van der Waals surface area contributed by atoms with E-state index < -0.39 is 0 Å². The Kier molecular flexibility index (Phi) is 2.52. The van der Waals surface area contributed by atoms with Crippen LogP contribution >= 0.6 is 0 Å².